The zero-order valence-electron chi connectivity index (χ0n) is 8.81. The molecule has 0 heterocycles. The highest BCUT2D eigenvalue weighted by Gasteiger charge is 2.35. The van der Waals surface area contributed by atoms with Crippen LogP contribution in [0.25, 0.3) is 0 Å². The molecule has 1 unspecified atom stereocenters. The van der Waals surface area contributed by atoms with E-state index in [-0.39, 0.29) is 5.92 Å². The topological polar surface area (TPSA) is 17.1 Å². The molecule has 72 valence electrons. The van der Waals surface area contributed by atoms with Gasteiger partial charge in [-0.25, -0.2) is 0 Å². The minimum Gasteiger partial charge on any atom is -0.299 e. The summed E-state index contributed by atoms with van der Waals surface area (Å²) < 4.78 is 0. The molecule has 0 spiro atoms. The molecule has 1 heteroatoms. The third-order valence-electron chi connectivity index (χ3n) is 3.37. The summed E-state index contributed by atoms with van der Waals surface area (Å²) in [7, 11) is 0. The Hall–Kier alpha value is -0.590. The minimum absolute atomic E-state index is 0.285. The van der Waals surface area contributed by atoms with Crippen molar-refractivity contribution in [1.29, 1.82) is 0 Å². The molecular weight excluding hydrogens is 160 g/mol. The molecule has 0 amide bonds. The van der Waals surface area contributed by atoms with Crippen molar-refractivity contribution in [3.63, 3.8) is 0 Å². The van der Waals surface area contributed by atoms with Gasteiger partial charge < -0.3 is 0 Å². The molecule has 0 aliphatic heterocycles. The lowest BCUT2D eigenvalue weighted by molar-refractivity contribution is -0.122. The van der Waals surface area contributed by atoms with Crippen LogP contribution in [-0.4, -0.2) is 5.78 Å². The van der Waals surface area contributed by atoms with Crippen LogP contribution in [0.15, 0.2) is 11.1 Å². The average Bonchev–Trinajstić information content (AvgIpc) is 2.24. The van der Waals surface area contributed by atoms with Crippen LogP contribution in [-0.2, 0) is 4.79 Å². The van der Waals surface area contributed by atoms with Crippen LogP contribution in [0.4, 0.5) is 0 Å². The Morgan fingerprint density at radius 2 is 1.85 bits per heavy atom. The van der Waals surface area contributed by atoms with Gasteiger partial charge in [-0.1, -0.05) is 31.9 Å². The van der Waals surface area contributed by atoms with Crippen molar-refractivity contribution in [3.05, 3.63) is 11.1 Å². The second-order valence-corrected chi connectivity index (χ2v) is 5.47. The smallest absolute Gasteiger partial charge is 0.140 e. The van der Waals surface area contributed by atoms with E-state index in [9.17, 15) is 4.79 Å². The fourth-order valence-corrected chi connectivity index (χ4v) is 2.74. The van der Waals surface area contributed by atoms with Gasteiger partial charge in [-0.05, 0) is 24.7 Å². The van der Waals surface area contributed by atoms with E-state index in [0.29, 0.717) is 11.2 Å². The Bertz CT molecular complexity index is 283. The zero-order valence-corrected chi connectivity index (χ0v) is 8.81. The quantitative estimate of drug-likeness (QED) is 0.521. The monoisotopic (exact) mass is 178 g/mol. The van der Waals surface area contributed by atoms with Crippen LogP contribution >= 0.6 is 0 Å². The highest BCUT2D eigenvalue weighted by atomic mass is 16.1. The predicted molar refractivity (Wildman–Crippen MR) is 53.4 cm³/mol. The Balaban J connectivity index is 2.20. The molecule has 0 bridgehead atoms. The molecule has 1 atom stereocenters. The first-order valence-electron chi connectivity index (χ1n) is 5.20. The van der Waals surface area contributed by atoms with Crippen LogP contribution in [0.5, 0.6) is 0 Å². The van der Waals surface area contributed by atoms with Gasteiger partial charge in [0.1, 0.15) is 5.78 Å². The highest BCUT2D eigenvalue weighted by molar-refractivity contribution is 5.85. The number of ketones is 1. The van der Waals surface area contributed by atoms with Gasteiger partial charge in [-0.2, -0.15) is 0 Å². The summed E-state index contributed by atoms with van der Waals surface area (Å²) in [6.45, 7) is 6.68. The molecule has 2 aliphatic rings. The summed E-state index contributed by atoms with van der Waals surface area (Å²) in [5, 5.41) is 0. The Labute approximate surface area is 80.2 Å². The lowest BCUT2D eigenvalue weighted by Crippen LogP contribution is -2.16. The maximum absolute atomic E-state index is 11.5. The first-order valence-corrected chi connectivity index (χ1v) is 5.20. The van der Waals surface area contributed by atoms with Crippen LogP contribution in [0.1, 0.15) is 46.5 Å². The summed E-state index contributed by atoms with van der Waals surface area (Å²) in [5.74, 6) is 0.740. The molecule has 0 saturated heterocycles. The van der Waals surface area contributed by atoms with E-state index in [1.807, 2.05) is 0 Å². The number of carbonyl (C=O) groups is 1. The van der Waals surface area contributed by atoms with Crippen molar-refractivity contribution < 1.29 is 4.79 Å². The zero-order chi connectivity index (χ0) is 9.64. The maximum Gasteiger partial charge on any atom is 0.140 e. The predicted octanol–water partition coefficient (Wildman–Crippen LogP) is 3.10. The van der Waals surface area contributed by atoms with Crippen molar-refractivity contribution in [1.82, 2.24) is 0 Å². The molecule has 0 fully saturated rings. The SMILES string of the molecule is CC1CC2=C(CC1=O)CC(C)(C)C2. The fraction of sp³-hybridized carbons (Fsp3) is 0.750. The van der Waals surface area contributed by atoms with Gasteiger partial charge in [0, 0.05) is 12.3 Å². The van der Waals surface area contributed by atoms with Crippen molar-refractivity contribution in [2.24, 2.45) is 11.3 Å². The van der Waals surface area contributed by atoms with E-state index in [4.69, 9.17) is 0 Å². The summed E-state index contributed by atoms with van der Waals surface area (Å²) >= 11 is 0. The summed E-state index contributed by atoms with van der Waals surface area (Å²) in [4.78, 5) is 11.5. The van der Waals surface area contributed by atoms with Crippen molar-refractivity contribution in [3.8, 4) is 0 Å². The highest BCUT2D eigenvalue weighted by Crippen LogP contribution is 2.47. The van der Waals surface area contributed by atoms with Crippen LogP contribution in [0, 0.1) is 11.3 Å². The number of hydrogen-bond acceptors (Lipinski definition) is 1. The summed E-state index contributed by atoms with van der Waals surface area (Å²) in [5.41, 5.74) is 3.49. The summed E-state index contributed by atoms with van der Waals surface area (Å²) in [6.07, 6.45) is 4.16. The average molecular weight is 178 g/mol. The Kier molecular flexibility index (Phi) is 1.86. The van der Waals surface area contributed by atoms with E-state index in [0.717, 1.165) is 19.3 Å². The van der Waals surface area contributed by atoms with Gasteiger partial charge in [0.15, 0.2) is 0 Å². The first kappa shape index (κ1) is 8.98. The number of carbonyl (C=O) groups excluding carboxylic acids is 1. The molecule has 0 N–H and O–H groups in total. The maximum atomic E-state index is 11.5. The van der Waals surface area contributed by atoms with Crippen molar-refractivity contribution in [2.75, 3.05) is 0 Å². The summed E-state index contributed by atoms with van der Waals surface area (Å²) in [6, 6.07) is 0. The number of allylic oxidation sites excluding steroid dienone is 2. The number of Topliss-reactive ketones (excluding diaryl/α,β-unsaturated/α-hetero) is 1. The van der Waals surface area contributed by atoms with Gasteiger partial charge in [-0.3, -0.25) is 4.79 Å². The number of hydrogen-bond donors (Lipinski definition) is 0. The van der Waals surface area contributed by atoms with E-state index in [1.165, 1.54) is 12.0 Å². The molecule has 1 nitrogen and oxygen atoms in total. The van der Waals surface area contributed by atoms with Crippen molar-refractivity contribution in [2.45, 2.75) is 46.5 Å². The third kappa shape index (κ3) is 1.56. The van der Waals surface area contributed by atoms with Gasteiger partial charge in [-0.15, -0.1) is 0 Å². The molecule has 2 rings (SSSR count). The molecular formula is C12H18O. The van der Waals surface area contributed by atoms with E-state index < -0.39 is 0 Å². The normalized spacial score (nSPS) is 32.2. The van der Waals surface area contributed by atoms with Gasteiger partial charge in [0.05, 0.1) is 0 Å². The van der Waals surface area contributed by atoms with E-state index >= 15 is 0 Å². The lowest BCUT2D eigenvalue weighted by Gasteiger charge is -2.18. The molecule has 0 saturated carbocycles. The molecule has 2 aliphatic carbocycles. The largest absolute Gasteiger partial charge is 0.299 e. The minimum atomic E-state index is 0.285. The van der Waals surface area contributed by atoms with Crippen LogP contribution < -0.4 is 0 Å². The number of rotatable bonds is 0. The molecule has 0 aromatic rings. The molecule has 0 radical (unpaired) electrons. The molecule has 0 aromatic carbocycles. The van der Waals surface area contributed by atoms with Gasteiger partial charge >= 0.3 is 0 Å². The van der Waals surface area contributed by atoms with Gasteiger partial charge in [0.25, 0.3) is 0 Å². The molecule has 13 heavy (non-hydrogen) atoms. The standard InChI is InChI=1S/C12H18O/c1-8-4-9-6-12(2,3)7-10(9)5-11(8)13/h8H,4-7H2,1-3H3. The van der Waals surface area contributed by atoms with E-state index in [1.54, 1.807) is 5.57 Å². The molecule has 0 aromatic heterocycles. The third-order valence-corrected chi connectivity index (χ3v) is 3.37. The second-order valence-electron chi connectivity index (χ2n) is 5.47. The second kappa shape index (κ2) is 2.70. The lowest BCUT2D eigenvalue weighted by atomic mass is 9.85. The van der Waals surface area contributed by atoms with Crippen LogP contribution in [0.3, 0.4) is 0 Å². The first-order chi connectivity index (χ1) is 5.98. The van der Waals surface area contributed by atoms with Crippen LogP contribution in [0.2, 0.25) is 0 Å². The Morgan fingerprint density at radius 1 is 1.23 bits per heavy atom. The Morgan fingerprint density at radius 3 is 2.54 bits per heavy atom. The van der Waals surface area contributed by atoms with Crippen molar-refractivity contribution >= 4 is 5.78 Å². The van der Waals surface area contributed by atoms with E-state index in [2.05, 4.69) is 20.8 Å². The fourth-order valence-electron chi connectivity index (χ4n) is 2.74. The van der Waals surface area contributed by atoms with Gasteiger partial charge in [0.2, 0.25) is 0 Å².